The summed E-state index contributed by atoms with van der Waals surface area (Å²) in [5.74, 6) is 2.64. The van der Waals surface area contributed by atoms with Crippen molar-refractivity contribution in [2.75, 3.05) is 20.3 Å². The van der Waals surface area contributed by atoms with Gasteiger partial charge in [-0.3, -0.25) is 4.79 Å². The largest absolute Gasteiger partial charge is 0.497 e. The molecule has 0 unspecified atom stereocenters. The number of ether oxygens (including phenoxy) is 2. The fraction of sp³-hybridized carbons (Fsp3) is 0.375. The lowest BCUT2D eigenvalue weighted by molar-refractivity contribution is 0.0953. The standard InChI is InChI=1S/C32H39N3O3/c1-32(2,3)25-15-19-27(20-16-25)38-23-8-7-22-35-29-11-6-5-10-28(29)34-30(35)12-9-21-33-31(36)24-13-17-26(37-4)18-14-24/h5-6,10-11,13-20H,7-9,12,21-23H2,1-4H3,(H,33,36). The number of carbonyl (C=O) groups excluding carboxylic acids is 1. The molecule has 4 rings (SSSR count). The topological polar surface area (TPSA) is 65.4 Å². The number of para-hydroxylation sites is 2. The van der Waals surface area contributed by atoms with E-state index in [-0.39, 0.29) is 11.3 Å². The lowest BCUT2D eigenvalue weighted by atomic mass is 9.87. The molecule has 1 amide bonds. The van der Waals surface area contributed by atoms with Gasteiger partial charge in [-0.25, -0.2) is 4.98 Å². The Balaban J connectivity index is 1.26. The number of imidazole rings is 1. The van der Waals surface area contributed by atoms with Crippen molar-refractivity contribution in [1.29, 1.82) is 0 Å². The number of nitrogens with one attached hydrogen (secondary N) is 1. The molecule has 0 atom stereocenters. The van der Waals surface area contributed by atoms with Gasteiger partial charge in [-0.1, -0.05) is 45.0 Å². The third-order valence-corrected chi connectivity index (χ3v) is 6.71. The van der Waals surface area contributed by atoms with E-state index in [0.717, 1.165) is 60.6 Å². The van der Waals surface area contributed by atoms with Crippen molar-refractivity contribution in [3.63, 3.8) is 0 Å². The summed E-state index contributed by atoms with van der Waals surface area (Å²) in [6, 6.07) is 23.9. The fourth-order valence-corrected chi connectivity index (χ4v) is 4.47. The zero-order valence-corrected chi connectivity index (χ0v) is 23.0. The number of aryl methyl sites for hydroxylation is 2. The molecule has 1 N–H and O–H groups in total. The van der Waals surface area contributed by atoms with Gasteiger partial charge in [-0.2, -0.15) is 0 Å². The van der Waals surface area contributed by atoms with Crippen molar-refractivity contribution < 1.29 is 14.3 Å². The van der Waals surface area contributed by atoms with Gasteiger partial charge in [0.05, 0.1) is 24.8 Å². The molecular formula is C32H39N3O3. The third-order valence-electron chi connectivity index (χ3n) is 6.71. The summed E-state index contributed by atoms with van der Waals surface area (Å²) in [6.45, 7) is 8.82. The maximum absolute atomic E-state index is 12.4. The molecule has 6 heteroatoms. The lowest BCUT2D eigenvalue weighted by Gasteiger charge is -2.19. The highest BCUT2D eigenvalue weighted by atomic mass is 16.5. The van der Waals surface area contributed by atoms with E-state index in [1.807, 2.05) is 6.07 Å². The highest BCUT2D eigenvalue weighted by molar-refractivity contribution is 5.94. The molecule has 0 bridgehead atoms. The molecule has 0 radical (unpaired) electrons. The van der Waals surface area contributed by atoms with Gasteiger partial charge in [-0.05, 0) is 78.8 Å². The van der Waals surface area contributed by atoms with Gasteiger partial charge >= 0.3 is 0 Å². The monoisotopic (exact) mass is 513 g/mol. The number of nitrogens with zero attached hydrogens (tertiary/aromatic N) is 2. The first-order valence-electron chi connectivity index (χ1n) is 13.4. The minimum atomic E-state index is -0.0748. The Bertz CT molecular complexity index is 1320. The van der Waals surface area contributed by atoms with Crippen LogP contribution in [0.3, 0.4) is 0 Å². The lowest BCUT2D eigenvalue weighted by Crippen LogP contribution is -2.25. The summed E-state index contributed by atoms with van der Waals surface area (Å²) in [7, 11) is 1.61. The number of methoxy groups -OCH3 is 1. The van der Waals surface area contributed by atoms with Crippen LogP contribution in [0.2, 0.25) is 0 Å². The van der Waals surface area contributed by atoms with Gasteiger partial charge in [-0.15, -0.1) is 0 Å². The zero-order valence-electron chi connectivity index (χ0n) is 23.0. The highest BCUT2D eigenvalue weighted by Gasteiger charge is 2.13. The number of hydrogen-bond donors (Lipinski definition) is 1. The predicted octanol–water partition coefficient (Wildman–Crippen LogP) is 6.56. The number of carbonyl (C=O) groups is 1. The Morgan fingerprint density at radius 3 is 2.32 bits per heavy atom. The minimum absolute atomic E-state index is 0.0748. The van der Waals surface area contributed by atoms with Crippen LogP contribution in [0.4, 0.5) is 0 Å². The van der Waals surface area contributed by atoms with Gasteiger partial charge in [0.1, 0.15) is 17.3 Å². The average Bonchev–Trinajstić information content (AvgIpc) is 3.28. The molecule has 0 aliphatic heterocycles. The summed E-state index contributed by atoms with van der Waals surface area (Å²) in [5.41, 5.74) is 4.25. The Labute approximate surface area is 226 Å². The maximum Gasteiger partial charge on any atom is 0.251 e. The highest BCUT2D eigenvalue weighted by Crippen LogP contribution is 2.24. The number of hydrogen-bond acceptors (Lipinski definition) is 4. The van der Waals surface area contributed by atoms with Crippen LogP contribution in [0.15, 0.2) is 72.8 Å². The molecule has 6 nitrogen and oxygen atoms in total. The Morgan fingerprint density at radius 1 is 0.895 bits per heavy atom. The van der Waals surface area contributed by atoms with E-state index in [1.165, 1.54) is 5.56 Å². The molecule has 0 aliphatic carbocycles. The van der Waals surface area contributed by atoms with Gasteiger partial charge in [0, 0.05) is 25.1 Å². The molecule has 4 aromatic rings. The average molecular weight is 514 g/mol. The molecule has 0 saturated carbocycles. The number of rotatable bonds is 12. The van der Waals surface area contributed by atoms with Crippen molar-refractivity contribution in [2.45, 2.75) is 58.4 Å². The summed E-state index contributed by atoms with van der Waals surface area (Å²) in [5, 5.41) is 3.01. The van der Waals surface area contributed by atoms with Gasteiger partial charge in [0.15, 0.2) is 0 Å². The van der Waals surface area contributed by atoms with Crippen molar-refractivity contribution >= 4 is 16.9 Å². The van der Waals surface area contributed by atoms with E-state index in [9.17, 15) is 4.79 Å². The Kier molecular flexibility index (Phi) is 9.06. The number of aromatic nitrogens is 2. The number of benzene rings is 3. The second-order valence-corrected chi connectivity index (χ2v) is 10.6. The van der Waals surface area contributed by atoms with E-state index >= 15 is 0 Å². The molecule has 0 saturated heterocycles. The van der Waals surface area contributed by atoms with E-state index in [1.54, 1.807) is 31.4 Å². The normalized spacial score (nSPS) is 11.5. The smallest absolute Gasteiger partial charge is 0.251 e. The number of amides is 1. The van der Waals surface area contributed by atoms with Gasteiger partial charge < -0.3 is 19.4 Å². The predicted molar refractivity (Wildman–Crippen MR) is 153 cm³/mol. The summed E-state index contributed by atoms with van der Waals surface area (Å²) in [4.78, 5) is 17.3. The van der Waals surface area contributed by atoms with Crippen LogP contribution in [0.25, 0.3) is 11.0 Å². The van der Waals surface area contributed by atoms with Crippen LogP contribution in [-0.4, -0.2) is 35.7 Å². The summed E-state index contributed by atoms with van der Waals surface area (Å²) < 4.78 is 13.5. The summed E-state index contributed by atoms with van der Waals surface area (Å²) >= 11 is 0. The van der Waals surface area contributed by atoms with Crippen LogP contribution in [-0.2, 0) is 18.4 Å². The molecule has 0 fully saturated rings. The van der Waals surface area contributed by atoms with Crippen LogP contribution < -0.4 is 14.8 Å². The Hall–Kier alpha value is -3.80. The quantitative estimate of drug-likeness (QED) is 0.218. The first kappa shape index (κ1) is 27.2. The van der Waals surface area contributed by atoms with Crippen molar-refractivity contribution in [2.24, 2.45) is 0 Å². The van der Waals surface area contributed by atoms with Gasteiger partial charge in [0.2, 0.25) is 0 Å². The summed E-state index contributed by atoms with van der Waals surface area (Å²) in [6.07, 6.45) is 3.58. The SMILES string of the molecule is COc1ccc(C(=O)NCCCc2nc3ccccc3n2CCCCOc2ccc(C(C)(C)C)cc2)cc1. The number of fused-ring (bicyclic) bond motifs is 1. The van der Waals surface area contributed by atoms with Crippen molar-refractivity contribution in [3.8, 4) is 11.5 Å². The van der Waals surface area contributed by atoms with E-state index < -0.39 is 0 Å². The molecule has 0 aliphatic rings. The van der Waals surface area contributed by atoms with E-state index in [4.69, 9.17) is 14.5 Å². The molecule has 1 aromatic heterocycles. The second-order valence-electron chi connectivity index (χ2n) is 10.6. The molecule has 38 heavy (non-hydrogen) atoms. The maximum atomic E-state index is 12.4. The molecule has 200 valence electrons. The van der Waals surface area contributed by atoms with E-state index in [2.05, 4.69) is 73.1 Å². The van der Waals surface area contributed by atoms with Crippen molar-refractivity contribution in [3.05, 3.63) is 89.7 Å². The van der Waals surface area contributed by atoms with Crippen LogP contribution in [0.5, 0.6) is 11.5 Å². The molecule has 3 aromatic carbocycles. The first-order valence-corrected chi connectivity index (χ1v) is 13.4. The van der Waals surface area contributed by atoms with Crippen LogP contribution in [0, 0.1) is 0 Å². The van der Waals surface area contributed by atoms with E-state index in [0.29, 0.717) is 18.7 Å². The number of unbranched alkanes of at least 4 members (excludes halogenated alkanes) is 1. The fourth-order valence-electron chi connectivity index (χ4n) is 4.47. The zero-order chi connectivity index (χ0) is 27.0. The molecule has 0 spiro atoms. The first-order chi connectivity index (χ1) is 18.3. The molecule has 1 heterocycles. The third kappa shape index (κ3) is 7.15. The van der Waals surface area contributed by atoms with Gasteiger partial charge in [0.25, 0.3) is 5.91 Å². The van der Waals surface area contributed by atoms with Crippen LogP contribution in [0.1, 0.15) is 61.8 Å². The van der Waals surface area contributed by atoms with Crippen molar-refractivity contribution in [1.82, 2.24) is 14.9 Å². The minimum Gasteiger partial charge on any atom is -0.497 e. The Morgan fingerprint density at radius 2 is 1.61 bits per heavy atom. The van der Waals surface area contributed by atoms with Crippen LogP contribution >= 0.6 is 0 Å². The second kappa shape index (κ2) is 12.6. The molecular weight excluding hydrogens is 474 g/mol.